The van der Waals surface area contributed by atoms with Crippen molar-refractivity contribution in [3.63, 3.8) is 0 Å². The third-order valence-corrected chi connectivity index (χ3v) is 3.76. The van der Waals surface area contributed by atoms with E-state index in [4.69, 9.17) is 9.47 Å². The second-order valence-electron chi connectivity index (χ2n) is 5.07. The number of ether oxygens (including phenoxy) is 2. The smallest absolute Gasteiger partial charge is 0.202 e. The first-order valence-electron chi connectivity index (χ1n) is 7.30. The predicted octanol–water partition coefficient (Wildman–Crippen LogP) is 2.22. The zero-order valence-corrected chi connectivity index (χ0v) is 13.3. The van der Waals surface area contributed by atoms with Gasteiger partial charge in [0.1, 0.15) is 12.2 Å². The van der Waals surface area contributed by atoms with Crippen LogP contribution in [0.1, 0.15) is 23.1 Å². The van der Waals surface area contributed by atoms with Gasteiger partial charge in [0.2, 0.25) is 5.78 Å². The van der Waals surface area contributed by atoms with Crippen molar-refractivity contribution < 1.29 is 14.3 Å². The van der Waals surface area contributed by atoms with Gasteiger partial charge in [-0.2, -0.15) is 5.10 Å². The second kappa shape index (κ2) is 6.12. The molecule has 0 radical (unpaired) electrons. The lowest BCUT2D eigenvalue weighted by molar-refractivity contribution is 0.0965. The number of nitrogens with zero attached hydrogens (tertiary/aromatic N) is 3. The Morgan fingerprint density at radius 1 is 1.26 bits per heavy atom. The average molecular weight is 314 g/mol. The van der Waals surface area contributed by atoms with E-state index in [0.717, 1.165) is 23.0 Å². The van der Waals surface area contributed by atoms with Crippen molar-refractivity contribution in [1.29, 1.82) is 0 Å². The van der Waals surface area contributed by atoms with Gasteiger partial charge in [-0.1, -0.05) is 6.92 Å². The summed E-state index contributed by atoms with van der Waals surface area (Å²) in [6, 6.07) is 3.75. The number of ketones is 1. The molecule has 3 rings (SSSR count). The van der Waals surface area contributed by atoms with Crippen LogP contribution in [0.4, 0.5) is 0 Å². The number of aromatic amines is 1. The number of hydrogen-bond donors (Lipinski definition) is 1. The fraction of sp³-hybridized carbons (Fsp3) is 0.312. The Balaban J connectivity index is 2.08. The lowest BCUT2D eigenvalue weighted by Gasteiger charge is -2.08. The minimum atomic E-state index is -0.0793. The molecule has 0 atom stereocenters. The van der Waals surface area contributed by atoms with Crippen molar-refractivity contribution in [2.75, 3.05) is 14.2 Å². The highest BCUT2D eigenvalue weighted by Crippen LogP contribution is 2.33. The van der Waals surface area contributed by atoms with Gasteiger partial charge < -0.3 is 14.5 Å². The van der Waals surface area contributed by atoms with E-state index in [-0.39, 0.29) is 12.3 Å². The Morgan fingerprint density at radius 3 is 2.61 bits per heavy atom. The van der Waals surface area contributed by atoms with Crippen LogP contribution in [0.15, 0.2) is 24.7 Å². The van der Waals surface area contributed by atoms with Gasteiger partial charge in [0.05, 0.1) is 38.0 Å². The van der Waals surface area contributed by atoms with Crippen LogP contribution in [0, 0.1) is 0 Å². The highest BCUT2D eigenvalue weighted by Gasteiger charge is 2.17. The highest BCUT2D eigenvalue weighted by atomic mass is 16.5. The number of aryl methyl sites for hydroxylation is 1. The SMILES string of the molecule is CCc1nn(CC(=O)c2cnc[nH]2)c2cc(OC)c(OC)cc12. The van der Waals surface area contributed by atoms with Gasteiger partial charge in [-0.05, 0) is 12.5 Å². The molecule has 0 aliphatic rings. The maximum absolute atomic E-state index is 12.3. The molecule has 7 nitrogen and oxygen atoms in total. The van der Waals surface area contributed by atoms with E-state index in [1.54, 1.807) is 18.9 Å². The van der Waals surface area contributed by atoms with Gasteiger partial charge in [0.25, 0.3) is 0 Å². The first-order valence-corrected chi connectivity index (χ1v) is 7.30. The summed E-state index contributed by atoms with van der Waals surface area (Å²) in [5.74, 6) is 1.18. The number of carbonyl (C=O) groups is 1. The molecule has 2 aromatic heterocycles. The lowest BCUT2D eigenvalue weighted by atomic mass is 10.1. The van der Waals surface area contributed by atoms with E-state index in [1.165, 1.54) is 12.5 Å². The van der Waals surface area contributed by atoms with Crippen molar-refractivity contribution >= 4 is 16.7 Å². The van der Waals surface area contributed by atoms with Crippen molar-refractivity contribution in [3.05, 3.63) is 36.0 Å². The number of Topliss-reactive ketones (excluding diaryl/α,β-unsaturated/α-hetero) is 1. The fourth-order valence-corrected chi connectivity index (χ4v) is 2.58. The molecule has 0 aliphatic carbocycles. The molecule has 0 fully saturated rings. The molecule has 3 aromatic rings. The van der Waals surface area contributed by atoms with E-state index in [2.05, 4.69) is 15.1 Å². The zero-order chi connectivity index (χ0) is 16.4. The summed E-state index contributed by atoms with van der Waals surface area (Å²) in [5.41, 5.74) is 2.22. The van der Waals surface area contributed by atoms with Gasteiger partial charge >= 0.3 is 0 Å². The van der Waals surface area contributed by atoms with Gasteiger partial charge in [-0.15, -0.1) is 0 Å². The predicted molar refractivity (Wildman–Crippen MR) is 85.1 cm³/mol. The maximum Gasteiger partial charge on any atom is 0.202 e. The minimum Gasteiger partial charge on any atom is -0.493 e. The van der Waals surface area contributed by atoms with Crippen LogP contribution in [0.5, 0.6) is 11.5 Å². The number of H-pyrrole nitrogens is 1. The van der Waals surface area contributed by atoms with E-state index in [0.29, 0.717) is 17.2 Å². The summed E-state index contributed by atoms with van der Waals surface area (Å²) < 4.78 is 12.4. The molecular formula is C16H18N4O3. The summed E-state index contributed by atoms with van der Waals surface area (Å²) in [6.07, 6.45) is 3.76. The van der Waals surface area contributed by atoms with E-state index < -0.39 is 0 Å². The van der Waals surface area contributed by atoms with E-state index in [1.807, 2.05) is 19.1 Å². The Bertz CT molecular complexity index is 837. The Kier molecular flexibility index (Phi) is 4.01. The van der Waals surface area contributed by atoms with Crippen molar-refractivity contribution in [1.82, 2.24) is 19.7 Å². The number of benzene rings is 1. The average Bonchev–Trinajstić information content (AvgIpc) is 3.21. The largest absolute Gasteiger partial charge is 0.493 e. The zero-order valence-electron chi connectivity index (χ0n) is 13.3. The molecule has 1 N–H and O–H groups in total. The third-order valence-electron chi connectivity index (χ3n) is 3.76. The Morgan fingerprint density at radius 2 is 2.00 bits per heavy atom. The van der Waals surface area contributed by atoms with Gasteiger partial charge in [-0.3, -0.25) is 9.48 Å². The Labute approximate surface area is 133 Å². The first kappa shape index (κ1) is 15.1. The molecule has 0 bridgehead atoms. The molecule has 0 aliphatic heterocycles. The summed E-state index contributed by atoms with van der Waals surface area (Å²) in [4.78, 5) is 19.0. The molecule has 0 spiro atoms. The van der Waals surface area contributed by atoms with Crippen LogP contribution in [0.25, 0.3) is 10.9 Å². The van der Waals surface area contributed by atoms with Crippen LogP contribution in [-0.2, 0) is 13.0 Å². The Hall–Kier alpha value is -2.83. The number of hydrogen-bond acceptors (Lipinski definition) is 5. The molecule has 2 heterocycles. The van der Waals surface area contributed by atoms with Gasteiger partial charge in [0.15, 0.2) is 11.5 Å². The summed E-state index contributed by atoms with van der Waals surface area (Å²) in [7, 11) is 3.18. The van der Waals surface area contributed by atoms with Gasteiger partial charge in [0, 0.05) is 11.5 Å². The van der Waals surface area contributed by atoms with Crippen LogP contribution >= 0.6 is 0 Å². The molecule has 0 unspecified atom stereocenters. The maximum atomic E-state index is 12.3. The van der Waals surface area contributed by atoms with Crippen LogP contribution in [-0.4, -0.2) is 39.8 Å². The third kappa shape index (κ3) is 2.65. The standard InChI is InChI=1S/C16H18N4O3/c1-4-11-10-5-15(22-2)16(23-3)6-13(10)20(19-11)8-14(21)12-7-17-9-18-12/h5-7,9H,4,8H2,1-3H3,(H,17,18). The number of aromatic nitrogens is 4. The van der Waals surface area contributed by atoms with E-state index >= 15 is 0 Å². The summed E-state index contributed by atoms with van der Waals surface area (Å²) >= 11 is 0. The molecule has 23 heavy (non-hydrogen) atoms. The first-order chi connectivity index (χ1) is 11.2. The topological polar surface area (TPSA) is 82.0 Å². The van der Waals surface area contributed by atoms with Crippen LogP contribution in [0.3, 0.4) is 0 Å². The number of carbonyl (C=O) groups excluding carboxylic acids is 1. The highest BCUT2D eigenvalue weighted by molar-refractivity contribution is 5.95. The molecule has 0 saturated heterocycles. The molecule has 0 saturated carbocycles. The molecule has 1 aromatic carbocycles. The normalized spacial score (nSPS) is 10.9. The van der Waals surface area contributed by atoms with Crippen molar-refractivity contribution in [2.45, 2.75) is 19.9 Å². The second-order valence-corrected chi connectivity index (χ2v) is 5.07. The number of nitrogens with one attached hydrogen (secondary N) is 1. The summed E-state index contributed by atoms with van der Waals surface area (Å²) in [5, 5.41) is 5.52. The van der Waals surface area contributed by atoms with Gasteiger partial charge in [-0.25, -0.2) is 4.98 Å². The number of imidazole rings is 1. The van der Waals surface area contributed by atoms with Crippen molar-refractivity contribution in [2.24, 2.45) is 0 Å². The lowest BCUT2D eigenvalue weighted by Crippen LogP contribution is -2.12. The molecular weight excluding hydrogens is 296 g/mol. The monoisotopic (exact) mass is 314 g/mol. The number of fused-ring (bicyclic) bond motifs is 1. The number of methoxy groups -OCH3 is 2. The van der Waals surface area contributed by atoms with E-state index in [9.17, 15) is 4.79 Å². The summed E-state index contributed by atoms with van der Waals surface area (Å²) in [6.45, 7) is 2.16. The molecule has 120 valence electrons. The van der Waals surface area contributed by atoms with Crippen LogP contribution in [0.2, 0.25) is 0 Å². The van der Waals surface area contributed by atoms with Crippen molar-refractivity contribution in [3.8, 4) is 11.5 Å². The number of rotatable bonds is 6. The van der Waals surface area contributed by atoms with Crippen LogP contribution < -0.4 is 9.47 Å². The minimum absolute atomic E-state index is 0.0793. The molecule has 0 amide bonds. The quantitative estimate of drug-likeness (QED) is 0.705. The molecule has 7 heteroatoms. The fourth-order valence-electron chi connectivity index (χ4n) is 2.58.